The minimum absolute atomic E-state index is 1.27. The van der Waals surface area contributed by atoms with Crippen LogP contribution in [-0.2, 0) is 0 Å². The van der Waals surface area contributed by atoms with Crippen LogP contribution in [0.4, 0.5) is 0 Å². The molecule has 0 saturated carbocycles. The van der Waals surface area contributed by atoms with Crippen LogP contribution in [0.3, 0.4) is 0 Å². The van der Waals surface area contributed by atoms with Crippen LogP contribution >= 0.6 is 22.7 Å². The fraction of sp³-hybridized carbons (Fsp3) is 0. The Morgan fingerprint density at radius 3 is 1.88 bits per heavy atom. The van der Waals surface area contributed by atoms with Gasteiger partial charge in [-0.05, 0) is 83.5 Å². The third-order valence-corrected chi connectivity index (χ3v) is 10.4. The summed E-state index contributed by atoms with van der Waals surface area (Å²) in [5.41, 5.74) is 5.20. The molecular weight excluding hydrogens is 521 g/mol. The van der Waals surface area contributed by atoms with Crippen molar-refractivity contribution in [3.05, 3.63) is 133 Å². The van der Waals surface area contributed by atoms with Crippen LogP contribution in [0.15, 0.2) is 133 Å². The first-order valence-corrected chi connectivity index (χ1v) is 15.3. The summed E-state index contributed by atoms with van der Waals surface area (Å²) < 4.78 is 4.11. The fourth-order valence-electron chi connectivity index (χ4n) is 6.61. The van der Waals surface area contributed by atoms with Crippen LogP contribution in [0.25, 0.3) is 84.8 Å². The molecule has 0 spiro atoms. The molecule has 0 aliphatic heterocycles. The Morgan fingerprint density at radius 1 is 0.425 bits per heavy atom. The van der Waals surface area contributed by atoms with Crippen molar-refractivity contribution in [3.63, 3.8) is 0 Å². The summed E-state index contributed by atoms with van der Waals surface area (Å²) in [7, 11) is 0. The second-order valence-electron chi connectivity index (χ2n) is 10.5. The van der Waals surface area contributed by atoms with Gasteiger partial charge in [-0.15, -0.1) is 22.7 Å². The molecule has 40 heavy (non-hydrogen) atoms. The van der Waals surface area contributed by atoms with Crippen molar-refractivity contribution < 1.29 is 0 Å². The van der Waals surface area contributed by atoms with Crippen molar-refractivity contribution in [2.45, 2.75) is 0 Å². The molecule has 0 amide bonds. The summed E-state index contributed by atoms with van der Waals surface area (Å²) >= 11 is 3.76. The molecule has 0 N–H and O–H groups in total. The van der Waals surface area contributed by atoms with Gasteiger partial charge in [-0.25, -0.2) is 0 Å². The van der Waals surface area contributed by atoms with E-state index in [0.29, 0.717) is 0 Å². The summed E-state index contributed by atoms with van der Waals surface area (Å²) in [6, 6.07) is 47.2. The molecule has 0 bridgehead atoms. The Bertz CT molecular complexity index is 2370. The van der Waals surface area contributed by atoms with Gasteiger partial charge in [-0.3, -0.25) is 0 Å². The predicted octanol–water partition coefficient (Wildman–Crippen LogP) is 12.1. The zero-order chi connectivity index (χ0) is 26.2. The first-order chi connectivity index (χ1) is 19.8. The van der Waals surface area contributed by atoms with Gasteiger partial charge < -0.3 is 0 Å². The molecule has 7 aromatic carbocycles. The molecule has 2 aromatic heterocycles. The topological polar surface area (TPSA) is 0 Å². The Kier molecular flexibility index (Phi) is 4.74. The maximum absolute atomic E-state index is 2.42. The van der Waals surface area contributed by atoms with Gasteiger partial charge in [-0.2, -0.15) is 0 Å². The second-order valence-corrected chi connectivity index (χ2v) is 12.5. The molecule has 0 radical (unpaired) electrons. The number of thiophene rings is 2. The first-order valence-electron chi connectivity index (χ1n) is 13.6. The Balaban J connectivity index is 1.39. The lowest BCUT2D eigenvalue weighted by Gasteiger charge is -2.18. The molecular formula is C38H22S2. The number of hydrogen-bond acceptors (Lipinski definition) is 2. The average Bonchev–Trinajstić information content (AvgIpc) is 3.63. The summed E-state index contributed by atoms with van der Waals surface area (Å²) in [4.78, 5) is 0. The van der Waals surface area contributed by atoms with Gasteiger partial charge in [0.15, 0.2) is 0 Å². The van der Waals surface area contributed by atoms with E-state index in [1.54, 1.807) is 0 Å². The lowest BCUT2D eigenvalue weighted by atomic mass is 9.84. The lowest BCUT2D eigenvalue weighted by molar-refractivity contribution is 1.69. The minimum atomic E-state index is 1.27. The van der Waals surface area contributed by atoms with Gasteiger partial charge in [0.1, 0.15) is 0 Å². The molecule has 2 heterocycles. The van der Waals surface area contributed by atoms with Crippen LogP contribution in [0.5, 0.6) is 0 Å². The monoisotopic (exact) mass is 542 g/mol. The first kappa shape index (κ1) is 22.3. The minimum Gasteiger partial charge on any atom is -0.143 e. The van der Waals surface area contributed by atoms with Crippen molar-refractivity contribution in [2.24, 2.45) is 0 Å². The van der Waals surface area contributed by atoms with E-state index in [2.05, 4.69) is 133 Å². The third-order valence-electron chi connectivity index (χ3n) is 8.33. The molecule has 0 aliphatic carbocycles. The van der Waals surface area contributed by atoms with E-state index >= 15 is 0 Å². The zero-order valence-electron chi connectivity index (χ0n) is 21.5. The Labute approximate surface area is 239 Å². The van der Waals surface area contributed by atoms with Crippen molar-refractivity contribution >= 4 is 85.2 Å². The summed E-state index contributed by atoms with van der Waals surface area (Å²) in [6.45, 7) is 0. The van der Waals surface area contributed by atoms with Gasteiger partial charge in [0, 0.05) is 24.9 Å². The van der Waals surface area contributed by atoms with Crippen LogP contribution in [0.2, 0.25) is 0 Å². The highest BCUT2D eigenvalue weighted by Crippen LogP contribution is 2.47. The normalized spacial score (nSPS) is 12.0. The Morgan fingerprint density at radius 2 is 1.10 bits per heavy atom. The quantitative estimate of drug-likeness (QED) is 0.191. The van der Waals surface area contributed by atoms with Gasteiger partial charge in [0.05, 0.1) is 0 Å². The van der Waals surface area contributed by atoms with Crippen LogP contribution in [0.1, 0.15) is 0 Å². The van der Waals surface area contributed by atoms with E-state index in [-0.39, 0.29) is 0 Å². The predicted molar refractivity (Wildman–Crippen MR) is 178 cm³/mol. The molecule has 0 saturated heterocycles. The van der Waals surface area contributed by atoms with E-state index in [9.17, 15) is 0 Å². The van der Waals surface area contributed by atoms with Crippen LogP contribution in [-0.4, -0.2) is 0 Å². The number of hydrogen-bond donors (Lipinski definition) is 0. The van der Waals surface area contributed by atoms with Crippen LogP contribution in [0, 0.1) is 0 Å². The van der Waals surface area contributed by atoms with Crippen molar-refractivity contribution in [2.75, 3.05) is 0 Å². The summed E-state index contributed by atoms with van der Waals surface area (Å²) in [5, 5.41) is 14.0. The maximum Gasteiger partial charge on any atom is 0.0435 e. The number of benzene rings is 7. The highest BCUT2D eigenvalue weighted by atomic mass is 32.1. The zero-order valence-corrected chi connectivity index (χ0v) is 23.2. The van der Waals surface area contributed by atoms with Crippen LogP contribution < -0.4 is 0 Å². The smallest absolute Gasteiger partial charge is 0.0435 e. The van der Waals surface area contributed by atoms with Crippen molar-refractivity contribution in [1.29, 1.82) is 0 Å². The number of rotatable bonds is 2. The maximum atomic E-state index is 2.42. The molecule has 2 heteroatoms. The molecule has 0 aliphatic rings. The summed E-state index contributed by atoms with van der Waals surface area (Å²) in [5.74, 6) is 0. The van der Waals surface area contributed by atoms with E-state index in [4.69, 9.17) is 0 Å². The average molecular weight is 543 g/mol. The largest absolute Gasteiger partial charge is 0.143 e. The third kappa shape index (κ3) is 3.12. The molecule has 9 aromatic rings. The molecule has 0 unspecified atom stereocenters. The molecule has 186 valence electrons. The van der Waals surface area contributed by atoms with Crippen molar-refractivity contribution in [3.8, 4) is 22.3 Å². The van der Waals surface area contributed by atoms with Gasteiger partial charge >= 0.3 is 0 Å². The fourth-order valence-corrected chi connectivity index (χ4v) is 8.79. The summed E-state index contributed by atoms with van der Waals surface area (Å²) in [6.07, 6.45) is 0. The molecule has 0 atom stereocenters. The van der Waals surface area contributed by atoms with Gasteiger partial charge in [-0.1, -0.05) is 109 Å². The van der Waals surface area contributed by atoms with E-state index in [0.717, 1.165) is 0 Å². The highest BCUT2D eigenvalue weighted by molar-refractivity contribution is 7.27. The van der Waals surface area contributed by atoms with Crippen molar-refractivity contribution in [1.82, 2.24) is 0 Å². The SMILES string of the molecule is c1ccc2c(-c3c4ccccc4c(-c4ccc5c(c4)sc4ccc6ccsc6c45)c4ccccc34)cccc2c1. The number of fused-ring (bicyclic) bond motifs is 8. The molecule has 9 rings (SSSR count). The Hall–Kier alpha value is -4.50. The highest BCUT2D eigenvalue weighted by Gasteiger charge is 2.19. The van der Waals surface area contributed by atoms with Gasteiger partial charge in [0.2, 0.25) is 0 Å². The van der Waals surface area contributed by atoms with Gasteiger partial charge in [0.25, 0.3) is 0 Å². The van der Waals surface area contributed by atoms with E-state index < -0.39 is 0 Å². The van der Waals surface area contributed by atoms with E-state index in [1.165, 1.54) is 84.8 Å². The van der Waals surface area contributed by atoms with E-state index in [1.807, 2.05) is 22.7 Å². The second kappa shape index (κ2) is 8.50. The standard InChI is InChI=1S/C38H22S2/c1-2-10-26-23(8-1)9-7-15-27(26)36-30-13-5-3-11-28(30)35(29-12-4-6-14-31(29)36)25-16-18-32-34(22-25)40-33-19-17-24-20-21-39-38(24)37(32)33/h1-22H. The lowest BCUT2D eigenvalue weighted by Crippen LogP contribution is -1.91. The molecule has 0 fully saturated rings. The molecule has 0 nitrogen and oxygen atoms in total.